The topological polar surface area (TPSA) is 201 Å². The molecule has 0 aliphatic rings. The van der Waals surface area contributed by atoms with Crippen molar-refractivity contribution in [2.75, 3.05) is 20.8 Å². The number of carbonyl (C=O) groups excluding carboxylic acids is 2. The Morgan fingerprint density at radius 3 is 2.22 bits per heavy atom. The first-order chi connectivity index (χ1) is 17.1. The number of primary amides is 1. The van der Waals surface area contributed by atoms with Crippen molar-refractivity contribution in [1.82, 2.24) is 10.0 Å². The lowest BCUT2D eigenvalue weighted by Gasteiger charge is -2.22. The molecule has 0 radical (unpaired) electrons. The minimum absolute atomic E-state index is 0.0476. The smallest absolute Gasteiger partial charge is 0.241 e. The number of aliphatic imine (C=N–C) groups is 1. The molecular weight excluding hydrogens is 488 g/mol. The quantitative estimate of drug-likeness (QED) is 0.126. The number of hydrogen-bond acceptors (Lipinski definition) is 7. The molecule has 2 atom stereocenters. The van der Waals surface area contributed by atoms with Gasteiger partial charge in [-0.05, 0) is 30.5 Å². The molecule has 0 unspecified atom stereocenters. The number of nitrogens with zero attached hydrogens (tertiary/aromatic N) is 1. The van der Waals surface area contributed by atoms with Crippen LogP contribution in [-0.4, -0.2) is 59.0 Å². The number of guanidine groups is 1. The highest BCUT2D eigenvalue weighted by Gasteiger charge is 2.29. The van der Waals surface area contributed by atoms with Crippen LogP contribution < -0.4 is 36.7 Å². The average Bonchev–Trinajstić information content (AvgIpc) is 2.85. The highest BCUT2D eigenvalue weighted by Crippen LogP contribution is 2.29. The van der Waals surface area contributed by atoms with Gasteiger partial charge in [-0.3, -0.25) is 14.6 Å². The Morgan fingerprint density at radius 2 is 1.64 bits per heavy atom. The standard InChI is InChI=1S/C23H32N6O6S/c1-34-19-11-10-16(14-20(19)35-2)36(32,33)29-17(9-6-12-27-23(25)26)22(31)28-18(21(24)30)13-15-7-4-3-5-8-15/h3-5,7-8,10-11,14,17-18,29H,6,9,12-13H2,1-2H3,(H2,24,30)(H,28,31)(H4,25,26,27)/t17-,18-/m0/s1. The molecule has 0 bridgehead atoms. The normalized spacial score (nSPS) is 12.7. The van der Waals surface area contributed by atoms with E-state index < -0.39 is 33.9 Å². The van der Waals surface area contributed by atoms with Crippen LogP contribution in [0.4, 0.5) is 0 Å². The fraction of sp³-hybridized carbons (Fsp3) is 0.348. The molecule has 0 aliphatic carbocycles. The zero-order valence-electron chi connectivity index (χ0n) is 20.1. The number of hydrogen-bond donors (Lipinski definition) is 5. The second-order valence-electron chi connectivity index (χ2n) is 7.79. The summed E-state index contributed by atoms with van der Waals surface area (Å²) in [6.45, 7) is 0.174. The Labute approximate surface area is 210 Å². The highest BCUT2D eigenvalue weighted by molar-refractivity contribution is 7.89. The average molecular weight is 521 g/mol. The predicted molar refractivity (Wildman–Crippen MR) is 135 cm³/mol. The van der Waals surface area contributed by atoms with Gasteiger partial charge in [-0.25, -0.2) is 8.42 Å². The third kappa shape index (κ3) is 8.43. The number of benzene rings is 2. The maximum absolute atomic E-state index is 13.1. The molecule has 0 fully saturated rings. The lowest BCUT2D eigenvalue weighted by molar-refractivity contribution is -0.128. The zero-order chi connectivity index (χ0) is 26.7. The summed E-state index contributed by atoms with van der Waals surface area (Å²) >= 11 is 0. The number of amides is 2. The summed E-state index contributed by atoms with van der Waals surface area (Å²) in [7, 11) is -1.38. The number of nitrogens with one attached hydrogen (secondary N) is 2. The molecule has 13 heteroatoms. The summed E-state index contributed by atoms with van der Waals surface area (Å²) < 4.78 is 39.0. The Morgan fingerprint density at radius 1 is 0.972 bits per heavy atom. The van der Waals surface area contributed by atoms with Gasteiger partial charge in [0.2, 0.25) is 21.8 Å². The van der Waals surface area contributed by atoms with Crippen molar-refractivity contribution >= 4 is 27.8 Å². The third-order valence-corrected chi connectivity index (χ3v) is 6.64. The van der Waals surface area contributed by atoms with E-state index in [-0.39, 0.29) is 42.4 Å². The van der Waals surface area contributed by atoms with E-state index in [1.165, 1.54) is 32.4 Å². The Balaban J connectivity index is 2.26. The van der Waals surface area contributed by atoms with Gasteiger partial charge in [0.1, 0.15) is 12.1 Å². The molecule has 36 heavy (non-hydrogen) atoms. The monoisotopic (exact) mass is 520 g/mol. The molecule has 196 valence electrons. The summed E-state index contributed by atoms with van der Waals surface area (Å²) in [4.78, 5) is 28.9. The molecule has 0 spiro atoms. The van der Waals surface area contributed by atoms with Crippen LogP contribution in [0.1, 0.15) is 18.4 Å². The van der Waals surface area contributed by atoms with E-state index in [1.807, 2.05) is 6.07 Å². The van der Waals surface area contributed by atoms with E-state index >= 15 is 0 Å². The van der Waals surface area contributed by atoms with Gasteiger partial charge in [-0.1, -0.05) is 30.3 Å². The largest absolute Gasteiger partial charge is 0.493 e. The second-order valence-corrected chi connectivity index (χ2v) is 9.51. The van der Waals surface area contributed by atoms with Gasteiger partial charge in [0.25, 0.3) is 0 Å². The maximum atomic E-state index is 13.1. The minimum Gasteiger partial charge on any atom is -0.493 e. The Hall–Kier alpha value is -3.84. The van der Waals surface area contributed by atoms with Crippen molar-refractivity contribution in [3.05, 3.63) is 54.1 Å². The molecule has 12 nitrogen and oxygen atoms in total. The van der Waals surface area contributed by atoms with Gasteiger partial charge in [0.15, 0.2) is 17.5 Å². The molecule has 0 heterocycles. The molecule has 0 saturated heterocycles. The van der Waals surface area contributed by atoms with Gasteiger partial charge in [0.05, 0.1) is 19.1 Å². The molecule has 8 N–H and O–H groups in total. The van der Waals surface area contributed by atoms with E-state index in [1.54, 1.807) is 24.3 Å². The zero-order valence-corrected chi connectivity index (χ0v) is 21.0. The number of ether oxygens (including phenoxy) is 2. The first-order valence-electron chi connectivity index (χ1n) is 11.0. The van der Waals surface area contributed by atoms with Crippen molar-refractivity contribution in [2.24, 2.45) is 22.2 Å². The number of rotatable bonds is 14. The van der Waals surface area contributed by atoms with E-state index in [9.17, 15) is 18.0 Å². The van der Waals surface area contributed by atoms with Crippen LogP contribution in [0, 0.1) is 0 Å². The van der Waals surface area contributed by atoms with E-state index in [2.05, 4.69) is 15.0 Å². The number of carbonyl (C=O) groups is 2. The van der Waals surface area contributed by atoms with Crippen LogP contribution in [0.15, 0.2) is 58.4 Å². The van der Waals surface area contributed by atoms with Gasteiger partial charge in [-0.15, -0.1) is 0 Å². The highest BCUT2D eigenvalue weighted by atomic mass is 32.2. The molecule has 2 rings (SSSR count). The van der Waals surface area contributed by atoms with Crippen molar-refractivity contribution in [1.29, 1.82) is 0 Å². The maximum Gasteiger partial charge on any atom is 0.241 e. The fourth-order valence-electron chi connectivity index (χ4n) is 3.33. The van der Waals surface area contributed by atoms with Crippen LogP contribution >= 0.6 is 0 Å². The van der Waals surface area contributed by atoms with E-state index in [0.717, 1.165) is 5.56 Å². The molecule has 0 aromatic heterocycles. The van der Waals surface area contributed by atoms with Crippen LogP contribution in [-0.2, 0) is 26.0 Å². The van der Waals surface area contributed by atoms with Crippen molar-refractivity contribution in [3.63, 3.8) is 0 Å². The van der Waals surface area contributed by atoms with Gasteiger partial charge in [0, 0.05) is 19.0 Å². The van der Waals surface area contributed by atoms with Gasteiger partial charge >= 0.3 is 0 Å². The van der Waals surface area contributed by atoms with E-state index in [0.29, 0.717) is 5.75 Å². The summed E-state index contributed by atoms with van der Waals surface area (Å²) in [5, 5.41) is 2.56. The van der Waals surface area contributed by atoms with Crippen molar-refractivity contribution in [2.45, 2.75) is 36.2 Å². The molecule has 0 saturated carbocycles. The summed E-state index contributed by atoms with van der Waals surface area (Å²) in [5.41, 5.74) is 16.9. The van der Waals surface area contributed by atoms with Crippen LogP contribution in [0.2, 0.25) is 0 Å². The van der Waals surface area contributed by atoms with Crippen molar-refractivity contribution < 1.29 is 27.5 Å². The molecule has 2 amide bonds. The van der Waals surface area contributed by atoms with Gasteiger partial charge < -0.3 is 32.0 Å². The van der Waals surface area contributed by atoms with Crippen molar-refractivity contribution in [3.8, 4) is 11.5 Å². The minimum atomic E-state index is -4.18. The molecule has 2 aromatic carbocycles. The molecule has 2 aromatic rings. The summed E-state index contributed by atoms with van der Waals surface area (Å²) in [6, 6.07) is 10.7. The van der Waals surface area contributed by atoms with Crippen LogP contribution in [0.25, 0.3) is 0 Å². The first kappa shape index (κ1) is 28.4. The van der Waals surface area contributed by atoms with Crippen LogP contribution in [0.5, 0.6) is 11.5 Å². The molecular formula is C23H32N6O6S. The lowest BCUT2D eigenvalue weighted by atomic mass is 10.0. The summed E-state index contributed by atoms with van der Waals surface area (Å²) in [6.07, 6.45) is 0.474. The van der Waals surface area contributed by atoms with Crippen LogP contribution in [0.3, 0.4) is 0 Å². The Kier molecular flexibility index (Phi) is 10.5. The molecule has 0 aliphatic heterocycles. The van der Waals surface area contributed by atoms with Gasteiger partial charge in [-0.2, -0.15) is 4.72 Å². The third-order valence-electron chi connectivity index (χ3n) is 5.17. The first-order valence-corrected chi connectivity index (χ1v) is 12.5. The fourth-order valence-corrected chi connectivity index (χ4v) is 4.58. The SMILES string of the molecule is COc1ccc(S(=O)(=O)N[C@@H](CCCN=C(N)N)C(=O)N[C@@H](Cc2ccccc2)C(N)=O)cc1OC. The lowest BCUT2D eigenvalue weighted by Crippen LogP contribution is -2.53. The summed E-state index contributed by atoms with van der Waals surface area (Å²) in [5.74, 6) is -1.06. The Bertz CT molecular complexity index is 1170. The van der Waals surface area contributed by atoms with E-state index in [4.69, 9.17) is 26.7 Å². The predicted octanol–water partition coefficient (Wildman–Crippen LogP) is -0.383. The number of methoxy groups -OCH3 is 2. The second kappa shape index (κ2) is 13.3. The number of nitrogens with two attached hydrogens (primary N) is 3. The number of sulfonamides is 1.